The summed E-state index contributed by atoms with van der Waals surface area (Å²) in [6.45, 7) is 0. The molecule has 2 aromatic rings. The third-order valence-electron chi connectivity index (χ3n) is 1.68. The van der Waals surface area contributed by atoms with E-state index in [1.54, 1.807) is 12.1 Å². The fraction of sp³-hybridized carbons (Fsp3) is 0. The number of oxazole rings is 1. The quantitative estimate of drug-likeness (QED) is 0.651. The van der Waals surface area contributed by atoms with Crippen LogP contribution in [0.15, 0.2) is 35.1 Å². The van der Waals surface area contributed by atoms with Crippen molar-refractivity contribution in [1.29, 1.82) is 0 Å². The normalized spacial score (nSPS) is 10.2. The first-order chi connectivity index (χ1) is 6.29. The van der Waals surface area contributed by atoms with Crippen LogP contribution in [0, 0.1) is 0 Å². The van der Waals surface area contributed by atoms with Crippen molar-refractivity contribution in [3.63, 3.8) is 0 Å². The van der Waals surface area contributed by atoms with Crippen LogP contribution in [-0.4, -0.2) is 15.2 Å². The Morgan fingerprint density at radius 3 is 2.77 bits per heavy atom. The molecule has 0 atom stereocenters. The average Bonchev–Trinajstić information content (AvgIpc) is 2.62. The van der Waals surface area contributed by atoms with Crippen molar-refractivity contribution in [2.75, 3.05) is 0 Å². The third-order valence-corrected chi connectivity index (χ3v) is 1.68. The molecule has 0 radical (unpaired) electrons. The lowest BCUT2D eigenvalue weighted by molar-refractivity contribution is 0.403. The van der Waals surface area contributed by atoms with E-state index in [4.69, 9.17) is 4.42 Å². The summed E-state index contributed by atoms with van der Waals surface area (Å²) in [7, 11) is 0. The number of phenols is 2. The standard InChI is InChI=1S/C9H7NO3/c11-7-3-1-2-6(8(7)12)9-10-4-5-13-9/h1-5,11-12H. The zero-order valence-corrected chi connectivity index (χ0v) is 6.64. The minimum atomic E-state index is -0.218. The second-order valence-corrected chi connectivity index (χ2v) is 2.51. The Hall–Kier alpha value is -1.97. The van der Waals surface area contributed by atoms with Crippen molar-refractivity contribution in [3.8, 4) is 23.0 Å². The summed E-state index contributed by atoms with van der Waals surface area (Å²) in [6.07, 6.45) is 2.87. The number of benzene rings is 1. The molecule has 0 saturated heterocycles. The first-order valence-electron chi connectivity index (χ1n) is 3.70. The van der Waals surface area contributed by atoms with Gasteiger partial charge in [0.05, 0.1) is 11.8 Å². The van der Waals surface area contributed by atoms with Crippen LogP contribution in [0.3, 0.4) is 0 Å². The molecule has 1 aromatic heterocycles. The predicted molar refractivity (Wildman–Crippen MR) is 45.3 cm³/mol. The van der Waals surface area contributed by atoms with Crippen LogP contribution in [0.4, 0.5) is 0 Å². The Labute approximate surface area is 74.1 Å². The molecule has 2 N–H and O–H groups in total. The lowest BCUT2D eigenvalue weighted by Crippen LogP contribution is -1.78. The molecule has 1 aromatic carbocycles. The average molecular weight is 177 g/mol. The number of rotatable bonds is 1. The molecule has 0 saturated carbocycles. The van der Waals surface area contributed by atoms with Crippen LogP contribution in [0.25, 0.3) is 11.5 Å². The van der Waals surface area contributed by atoms with Crippen LogP contribution < -0.4 is 0 Å². The molecule has 0 aliphatic rings. The van der Waals surface area contributed by atoms with E-state index in [1.807, 2.05) is 0 Å². The zero-order chi connectivity index (χ0) is 9.26. The van der Waals surface area contributed by atoms with Gasteiger partial charge in [0.1, 0.15) is 6.26 Å². The highest BCUT2D eigenvalue weighted by molar-refractivity contribution is 5.66. The van der Waals surface area contributed by atoms with Gasteiger partial charge in [-0.05, 0) is 12.1 Å². The molecule has 4 nitrogen and oxygen atoms in total. The SMILES string of the molecule is Oc1cccc(-c2ncco2)c1O. The first kappa shape index (κ1) is 7.67. The Bertz CT molecular complexity index is 409. The van der Waals surface area contributed by atoms with Crippen molar-refractivity contribution >= 4 is 0 Å². The molecule has 2 rings (SSSR count). The number of aromatic hydroxyl groups is 2. The van der Waals surface area contributed by atoms with E-state index in [0.29, 0.717) is 5.56 Å². The van der Waals surface area contributed by atoms with Crippen LogP contribution in [-0.2, 0) is 0 Å². The minimum absolute atomic E-state index is 0.185. The molecular formula is C9H7NO3. The molecule has 66 valence electrons. The molecule has 0 amide bonds. The number of aromatic nitrogens is 1. The second-order valence-electron chi connectivity index (χ2n) is 2.51. The lowest BCUT2D eigenvalue weighted by atomic mass is 10.2. The largest absolute Gasteiger partial charge is 0.504 e. The predicted octanol–water partition coefficient (Wildman–Crippen LogP) is 1.75. The van der Waals surface area contributed by atoms with Gasteiger partial charge >= 0.3 is 0 Å². The van der Waals surface area contributed by atoms with Gasteiger partial charge in [0.25, 0.3) is 0 Å². The Kier molecular flexibility index (Phi) is 1.66. The van der Waals surface area contributed by atoms with Gasteiger partial charge in [0, 0.05) is 0 Å². The number of para-hydroxylation sites is 1. The maximum atomic E-state index is 9.42. The van der Waals surface area contributed by atoms with Gasteiger partial charge in [0.2, 0.25) is 5.89 Å². The van der Waals surface area contributed by atoms with Gasteiger partial charge in [-0.25, -0.2) is 4.98 Å². The second kappa shape index (κ2) is 2.82. The summed E-state index contributed by atoms with van der Waals surface area (Å²) in [5.74, 6) is -0.117. The van der Waals surface area contributed by atoms with Crippen molar-refractivity contribution < 1.29 is 14.6 Å². The molecule has 0 aliphatic carbocycles. The summed E-state index contributed by atoms with van der Waals surface area (Å²) in [6, 6.07) is 4.61. The molecular weight excluding hydrogens is 170 g/mol. The van der Waals surface area contributed by atoms with Gasteiger partial charge in [-0.1, -0.05) is 6.07 Å². The maximum absolute atomic E-state index is 9.42. The molecule has 0 spiro atoms. The first-order valence-corrected chi connectivity index (χ1v) is 3.70. The van der Waals surface area contributed by atoms with E-state index >= 15 is 0 Å². The lowest BCUT2D eigenvalue weighted by Gasteiger charge is -2.00. The highest BCUT2D eigenvalue weighted by Gasteiger charge is 2.10. The maximum Gasteiger partial charge on any atom is 0.229 e. The smallest absolute Gasteiger partial charge is 0.229 e. The molecule has 1 heterocycles. The molecule has 0 fully saturated rings. The van der Waals surface area contributed by atoms with Crippen molar-refractivity contribution in [2.45, 2.75) is 0 Å². The van der Waals surface area contributed by atoms with E-state index in [9.17, 15) is 10.2 Å². The van der Waals surface area contributed by atoms with Crippen LogP contribution >= 0.6 is 0 Å². The van der Waals surface area contributed by atoms with Crippen molar-refractivity contribution in [1.82, 2.24) is 4.98 Å². The number of nitrogens with zero attached hydrogens (tertiary/aromatic N) is 1. The molecule has 4 heteroatoms. The molecule has 0 bridgehead atoms. The van der Waals surface area contributed by atoms with Crippen LogP contribution in [0.5, 0.6) is 11.5 Å². The van der Waals surface area contributed by atoms with Crippen molar-refractivity contribution in [3.05, 3.63) is 30.7 Å². The monoisotopic (exact) mass is 177 g/mol. The molecule has 13 heavy (non-hydrogen) atoms. The highest BCUT2D eigenvalue weighted by Crippen LogP contribution is 2.34. The van der Waals surface area contributed by atoms with Gasteiger partial charge in [-0.2, -0.15) is 0 Å². The van der Waals surface area contributed by atoms with E-state index in [1.165, 1.54) is 18.5 Å². The summed E-state index contributed by atoms with van der Waals surface area (Å²) in [4.78, 5) is 3.85. The fourth-order valence-corrected chi connectivity index (χ4v) is 1.06. The third kappa shape index (κ3) is 1.22. The topological polar surface area (TPSA) is 66.5 Å². The van der Waals surface area contributed by atoms with Gasteiger partial charge in [-0.15, -0.1) is 0 Å². The summed E-state index contributed by atoms with van der Waals surface area (Å²) < 4.78 is 4.97. The van der Waals surface area contributed by atoms with Crippen LogP contribution in [0.1, 0.15) is 0 Å². The van der Waals surface area contributed by atoms with Gasteiger partial charge < -0.3 is 14.6 Å². The number of hydrogen-bond acceptors (Lipinski definition) is 4. The van der Waals surface area contributed by atoms with Crippen LogP contribution in [0.2, 0.25) is 0 Å². The molecule has 0 unspecified atom stereocenters. The Balaban J connectivity index is 2.59. The summed E-state index contributed by atoms with van der Waals surface area (Å²) >= 11 is 0. The Morgan fingerprint density at radius 2 is 2.08 bits per heavy atom. The summed E-state index contributed by atoms with van der Waals surface area (Å²) in [5, 5.41) is 18.6. The van der Waals surface area contributed by atoms with Gasteiger partial charge in [0.15, 0.2) is 11.5 Å². The summed E-state index contributed by atoms with van der Waals surface area (Å²) in [5.41, 5.74) is 0.380. The van der Waals surface area contributed by atoms with E-state index < -0.39 is 0 Å². The van der Waals surface area contributed by atoms with E-state index in [-0.39, 0.29) is 17.4 Å². The number of phenolic OH excluding ortho intramolecular Hbond substituents is 2. The van der Waals surface area contributed by atoms with Crippen molar-refractivity contribution in [2.24, 2.45) is 0 Å². The van der Waals surface area contributed by atoms with Gasteiger partial charge in [-0.3, -0.25) is 0 Å². The van der Waals surface area contributed by atoms with E-state index in [0.717, 1.165) is 0 Å². The highest BCUT2D eigenvalue weighted by atomic mass is 16.3. The van der Waals surface area contributed by atoms with E-state index in [2.05, 4.69) is 4.98 Å². The molecule has 0 aliphatic heterocycles. The number of hydrogen-bond donors (Lipinski definition) is 2. The zero-order valence-electron chi connectivity index (χ0n) is 6.64. The Morgan fingerprint density at radius 1 is 1.23 bits per heavy atom. The minimum Gasteiger partial charge on any atom is -0.504 e. The fourth-order valence-electron chi connectivity index (χ4n) is 1.06.